The van der Waals surface area contributed by atoms with Gasteiger partial charge in [-0.25, -0.2) is 0 Å². The lowest BCUT2D eigenvalue weighted by Gasteiger charge is -2.08. The van der Waals surface area contributed by atoms with E-state index in [1.165, 1.54) is 0 Å². The maximum Gasteiger partial charge on any atom is 0.152 e. The summed E-state index contributed by atoms with van der Waals surface area (Å²) in [4.78, 5) is 0.922. The molecule has 0 fully saturated rings. The summed E-state index contributed by atoms with van der Waals surface area (Å²) >= 11 is -0.823. The van der Waals surface area contributed by atoms with Crippen molar-refractivity contribution in [1.82, 2.24) is 0 Å². The monoisotopic (exact) mass is 181 g/mol. The topological polar surface area (TPSA) is 23.1 Å². The molecule has 0 aliphatic rings. The van der Waals surface area contributed by atoms with E-state index in [4.69, 9.17) is 0 Å². The van der Waals surface area contributed by atoms with Gasteiger partial charge in [-0.05, 0) is 36.2 Å². The molecule has 0 saturated carbocycles. The van der Waals surface area contributed by atoms with Gasteiger partial charge in [0.05, 0.1) is 0 Å². The average Bonchev–Trinajstić information content (AvgIpc) is 2.15. The summed E-state index contributed by atoms with van der Waals surface area (Å²) in [7, 11) is 0. The SMILES string of the molecule is [CH2]CCC[S+]([O-])c1ccccc1. The summed E-state index contributed by atoms with van der Waals surface area (Å²) in [6, 6.07) is 9.56. The van der Waals surface area contributed by atoms with Gasteiger partial charge in [-0.3, -0.25) is 0 Å². The molecule has 0 aromatic heterocycles. The molecule has 1 rings (SSSR count). The second kappa shape index (κ2) is 5.22. The Kier molecular flexibility index (Phi) is 4.19. The van der Waals surface area contributed by atoms with Gasteiger partial charge in [0.1, 0.15) is 5.75 Å². The van der Waals surface area contributed by atoms with Gasteiger partial charge >= 0.3 is 0 Å². The molecule has 0 heterocycles. The van der Waals surface area contributed by atoms with Crippen LogP contribution in [-0.4, -0.2) is 10.3 Å². The third kappa shape index (κ3) is 2.88. The summed E-state index contributed by atoms with van der Waals surface area (Å²) in [6.07, 6.45) is 1.79. The molecule has 65 valence electrons. The van der Waals surface area contributed by atoms with E-state index in [9.17, 15) is 4.55 Å². The molecule has 1 atom stereocenters. The van der Waals surface area contributed by atoms with E-state index in [2.05, 4.69) is 6.92 Å². The van der Waals surface area contributed by atoms with Gasteiger partial charge in [0.15, 0.2) is 4.90 Å². The predicted molar refractivity (Wildman–Crippen MR) is 52.3 cm³/mol. The Morgan fingerprint density at radius 2 is 1.92 bits per heavy atom. The molecule has 12 heavy (non-hydrogen) atoms. The van der Waals surface area contributed by atoms with Crippen LogP contribution in [0.1, 0.15) is 12.8 Å². The van der Waals surface area contributed by atoms with Crippen molar-refractivity contribution in [2.45, 2.75) is 17.7 Å². The first-order valence-electron chi connectivity index (χ1n) is 4.07. The van der Waals surface area contributed by atoms with E-state index in [1.807, 2.05) is 30.3 Å². The second-order valence-electron chi connectivity index (χ2n) is 2.57. The fourth-order valence-corrected chi connectivity index (χ4v) is 2.09. The quantitative estimate of drug-likeness (QED) is 0.654. The fourth-order valence-electron chi connectivity index (χ4n) is 0.923. The van der Waals surface area contributed by atoms with Crippen LogP contribution in [0, 0.1) is 6.92 Å². The van der Waals surface area contributed by atoms with Crippen LogP contribution in [0.4, 0.5) is 0 Å². The van der Waals surface area contributed by atoms with E-state index >= 15 is 0 Å². The van der Waals surface area contributed by atoms with Crippen molar-refractivity contribution in [2.75, 3.05) is 5.75 Å². The number of unbranched alkanes of at least 4 members (excludes halogenated alkanes) is 1. The van der Waals surface area contributed by atoms with E-state index in [-0.39, 0.29) is 0 Å². The molecule has 0 saturated heterocycles. The van der Waals surface area contributed by atoms with Crippen LogP contribution in [0.2, 0.25) is 0 Å². The zero-order chi connectivity index (χ0) is 8.81. The van der Waals surface area contributed by atoms with Crippen molar-refractivity contribution >= 4 is 11.2 Å². The number of rotatable bonds is 4. The van der Waals surface area contributed by atoms with E-state index < -0.39 is 11.2 Å². The maximum absolute atomic E-state index is 11.5. The first-order valence-corrected chi connectivity index (χ1v) is 5.39. The average molecular weight is 181 g/mol. The molecule has 0 N–H and O–H groups in total. The lowest BCUT2D eigenvalue weighted by molar-refractivity contribution is 0.592. The highest BCUT2D eigenvalue weighted by Crippen LogP contribution is 2.11. The Morgan fingerprint density at radius 3 is 2.50 bits per heavy atom. The summed E-state index contributed by atoms with van der Waals surface area (Å²) in [5, 5.41) is 0. The van der Waals surface area contributed by atoms with Crippen molar-refractivity contribution < 1.29 is 4.55 Å². The molecule has 1 radical (unpaired) electrons. The highest BCUT2D eigenvalue weighted by molar-refractivity contribution is 7.91. The Labute approximate surface area is 77.0 Å². The molecule has 0 amide bonds. The van der Waals surface area contributed by atoms with Crippen LogP contribution in [0.5, 0.6) is 0 Å². The van der Waals surface area contributed by atoms with E-state index in [0.717, 1.165) is 23.5 Å². The fraction of sp³-hybridized carbons (Fsp3) is 0.300. The highest BCUT2D eigenvalue weighted by atomic mass is 32.2. The van der Waals surface area contributed by atoms with Crippen molar-refractivity contribution in [3.05, 3.63) is 37.3 Å². The minimum absolute atomic E-state index is 0.730. The molecular formula is C10H13OS. The third-order valence-corrected chi connectivity index (χ3v) is 3.04. The number of hydrogen-bond acceptors (Lipinski definition) is 1. The van der Waals surface area contributed by atoms with Crippen LogP contribution < -0.4 is 0 Å². The maximum atomic E-state index is 11.5. The van der Waals surface area contributed by atoms with Crippen molar-refractivity contribution in [1.29, 1.82) is 0 Å². The molecule has 0 aliphatic heterocycles. The molecular weight excluding hydrogens is 168 g/mol. The van der Waals surface area contributed by atoms with E-state index in [1.54, 1.807) is 0 Å². The van der Waals surface area contributed by atoms with Gasteiger partial charge in [-0.15, -0.1) is 0 Å². The molecule has 0 aliphatic carbocycles. The van der Waals surface area contributed by atoms with Gasteiger partial charge in [-0.1, -0.05) is 25.1 Å². The molecule has 1 aromatic rings. The Hall–Kier alpha value is -0.470. The summed E-state index contributed by atoms with van der Waals surface area (Å²) in [6.45, 7) is 3.72. The summed E-state index contributed by atoms with van der Waals surface area (Å²) in [5.74, 6) is 0.730. The number of hydrogen-bond donors (Lipinski definition) is 0. The lowest BCUT2D eigenvalue weighted by atomic mass is 10.4. The standard InChI is InChI=1S/C10H13OS/c1-2-3-9-12(11)10-7-5-4-6-8-10/h4-8H,1-3,9H2. The molecule has 1 nitrogen and oxygen atoms in total. The lowest BCUT2D eigenvalue weighted by Crippen LogP contribution is -2.06. The second-order valence-corrected chi connectivity index (χ2v) is 4.14. The molecule has 2 heteroatoms. The molecule has 0 spiro atoms. The molecule has 1 aromatic carbocycles. The van der Waals surface area contributed by atoms with E-state index in [0.29, 0.717) is 0 Å². The molecule has 0 bridgehead atoms. The summed E-state index contributed by atoms with van der Waals surface area (Å²) in [5.41, 5.74) is 0. The van der Waals surface area contributed by atoms with Crippen LogP contribution in [0.3, 0.4) is 0 Å². The van der Waals surface area contributed by atoms with Gasteiger partial charge in [0.2, 0.25) is 0 Å². The first kappa shape index (κ1) is 9.62. The largest absolute Gasteiger partial charge is 0.611 e. The van der Waals surface area contributed by atoms with Crippen molar-refractivity contribution in [3.63, 3.8) is 0 Å². The van der Waals surface area contributed by atoms with Crippen molar-refractivity contribution in [2.24, 2.45) is 0 Å². The van der Waals surface area contributed by atoms with Crippen LogP contribution in [0.15, 0.2) is 35.2 Å². The Bertz CT molecular complexity index is 210. The number of benzene rings is 1. The Balaban J connectivity index is 2.48. The minimum atomic E-state index is -0.823. The minimum Gasteiger partial charge on any atom is -0.611 e. The summed E-state index contributed by atoms with van der Waals surface area (Å²) < 4.78 is 11.5. The van der Waals surface area contributed by atoms with Gasteiger partial charge in [0.25, 0.3) is 0 Å². The zero-order valence-electron chi connectivity index (χ0n) is 7.03. The highest BCUT2D eigenvalue weighted by Gasteiger charge is 2.07. The van der Waals surface area contributed by atoms with Crippen LogP contribution in [-0.2, 0) is 11.2 Å². The van der Waals surface area contributed by atoms with Gasteiger partial charge < -0.3 is 4.55 Å². The molecule has 1 unspecified atom stereocenters. The van der Waals surface area contributed by atoms with Crippen LogP contribution in [0.25, 0.3) is 0 Å². The van der Waals surface area contributed by atoms with Gasteiger partial charge in [0, 0.05) is 0 Å². The predicted octanol–water partition coefficient (Wildman–Crippen LogP) is 2.41. The third-order valence-electron chi connectivity index (χ3n) is 1.59. The smallest absolute Gasteiger partial charge is 0.152 e. The van der Waals surface area contributed by atoms with Crippen LogP contribution >= 0.6 is 0 Å². The normalized spacial score (nSPS) is 12.8. The van der Waals surface area contributed by atoms with Gasteiger partial charge in [-0.2, -0.15) is 0 Å². The Morgan fingerprint density at radius 1 is 1.25 bits per heavy atom. The zero-order valence-corrected chi connectivity index (χ0v) is 7.85. The first-order chi connectivity index (χ1) is 5.84. The van der Waals surface area contributed by atoms with Crippen molar-refractivity contribution in [3.8, 4) is 0 Å².